The fraction of sp³-hybridized carbons (Fsp3) is 0.409. The van der Waals surface area contributed by atoms with Gasteiger partial charge in [-0.3, -0.25) is 4.79 Å². The van der Waals surface area contributed by atoms with Gasteiger partial charge in [0.1, 0.15) is 30.3 Å². The molecular weight excluding hydrogens is 358 g/mol. The summed E-state index contributed by atoms with van der Waals surface area (Å²) in [5.41, 5.74) is 2.17. The second-order valence-corrected chi connectivity index (χ2v) is 7.05. The van der Waals surface area contributed by atoms with Crippen molar-refractivity contribution in [3.05, 3.63) is 59.7 Å². The van der Waals surface area contributed by atoms with Gasteiger partial charge in [-0.2, -0.15) is 0 Å². The van der Waals surface area contributed by atoms with Gasteiger partial charge in [-0.15, -0.1) is 0 Å². The highest BCUT2D eigenvalue weighted by Crippen LogP contribution is 2.28. The summed E-state index contributed by atoms with van der Waals surface area (Å²) in [7, 11) is 0. The normalized spacial score (nSPS) is 16.7. The molecule has 0 saturated heterocycles. The molecule has 0 spiro atoms. The molecule has 1 aliphatic rings. The van der Waals surface area contributed by atoms with E-state index >= 15 is 0 Å². The first-order chi connectivity index (χ1) is 13.6. The second kappa shape index (κ2) is 10.1. The van der Waals surface area contributed by atoms with Crippen molar-refractivity contribution in [2.24, 2.45) is 0 Å². The highest BCUT2D eigenvalue weighted by atomic mass is 16.5. The molecule has 28 heavy (non-hydrogen) atoms. The smallest absolute Gasteiger partial charge is 0.303 e. The first kappa shape index (κ1) is 20.2. The van der Waals surface area contributed by atoms with E-state index in [1.54, 1.807) is 0 Å². The standard InChI is InChI=1S/C22H27NO5/c24-18(15-27-19-4-2-1-3-5-19)13-23-14-20-9-8-17-12-16(7-11-22(25)26)6-10-21(17)28-20/h1-6,10,12,18,20,23-24H,7-9,11,13-15H2,(H,25,26)/t18?,20-/m1/s1. The van der Waals surface area contributed by atoms with Gasteiger partial charge in [0.15, 0.2) is 0 Å². The lowest BCUT2D eigenvalue weighted by Gasteiger charge is -2.27. The third-order valence-corrected chi connectivity index (χ3v) is 4.72. The Labute approximate surface area is 165 Å². The maximum Gasteiger partial charge on any atom is 0.303 e. The first-order valence-corrected chi connectivity index (χ1v) is 9.67. The third kappa shape index (κ3) is 6.25. The van der Waals surface area contributed by atoms with Crippen molar-refractivity contribution in [3.63, 3.8) is 0 Å². The largest absolute Gasteiger partial charge is 0.491 e. The number of rotatable bonds is 10. The maximum absolute atomic E-state index is 10.7. The number of aryl methyl sites for hydroxylation is 2. The number of carboxylic acid groups (broad SMARTS) is 1. The van der Waals surface area contributed by atoms with Gasteiger partial charge in [0.25, 0.3) is 0 Å². The summed E-state index contributed by atoms with van der Waals surface area (Å²) in [5.74, 6) is 0.832. The second-order valence-electron chi connectivity index (χ2n) is 7.05. The zero-order chi connectivity index (χ0) is 19.8. The van der Waals surface area contributed by atoms with Gasteiger partial charge in [0.05, 0.1) is 0 Å². The number of carboxylic acids is 1. The lowest BCUT2D eigenvalue weighted by atomic mass is 9.98. The van der Waals surface area contributed by atoms with Crippen molar-refractivity contribution < 1.29 is 24.5 Å². The molecule has 2 aromatic rings. The quantitative estimate of drug-likeness (QED) is 0.582. The van der Waals surface area contributed by atoms with Crippen LogP contribution in [0.15, 0.2) is 48.5 Å². The molecule has 3 rings (SSSR count). The van der Waals surface area contributed by atoms with E-state index in [9.17, 15) is 9.90 Å². The summed E-state index contributed by atoms with van der Waals surface area (Å²) in [6.07, 6.45) is 1.94. The number of carbonyl (C=O) groups is 1. The van der Waals surface area contributed by atoms with Crippen LogP contribution in [0, 0.1) is 0 Å². The molecule has 0 aliphatic carbocycles. The van der Waals surface area contributed by atoms with Crippen LogP contribution in [0.1, 0.15) is 24.0 Å². The van der Waals surface area contributed by atoms with E-state index in [0.717, 1.165) is 35.5 Å². The van der Waals surface area contributed by atoms with Crippen LogP contribution in [-0.4, -0.2) is 48.1 Å². The fourth-order valence-corrected chi connectivity index (χ4v) is 3.23. The molecule has 0 radical (unpaired) electrons. The molecule has 0 saturated carbocycles. The predicted molar refractivity (Wildman–Crippen MR) is 106 cm³/mol. The maximum atomic E-state index is 10.7. The van der Waals surface area contributed by atoms with E-state index in [4.69, 9.17) is 14.6 Å². The first-order valence-electron chi connectivity index (χ1n) is 9.67. The minimum absolute atomic E-state index is 0.0552. The van der Waals surface area contributed by atoms with E-state index in [2.05, 4.69) is 5.32 Å². The van der Waals surface area contributed by atoms with Crippen LogP contribution in [0.2, 0.25) is 0 Å². The molecule has 1 heterocycles. The molecule has 6 heteroatoms. The lowest BCUT2D eigenvalue weighted by Crippen LogP contribution is -2.39. The van der Waals surface area contributed by atoms with Crippen molar-refractivity contribution in [2.45, 2.75) is 37.9 Å². The van der Waals surface area contributed by atoms with Gasteiger partial charge in [-0.1, -0.05) is 30.3 Å². The number of ether oxygens (including phenoxy) is 2. The number of hydrogen-bond donors (Lipinski definition) is 3. The molecule has 150 valence electrons. The van der Waals surface area contributed by atoms with Gasteiger partial charge in [0.2, 0.25) is 0 Å². The summed E-state index contributed by atoms with van der Waals surface area (Å²) in [6, 6.07) is 15.3. The third-order valence-electron chi connectivity index (χ3n) is 4.72. The van der Waals surface area contributed by atoms with Crippen molar-refractivity contribution in [1.82, 2.24) is 5.32 Å². The predicted octanol–water partition coefficient (Wildman–Crippen LogP) is 2.43. The van der Waals surface area contributed by atoms with Crippen molar-refractivity contribution >= 4 is 5.97 Å². The van der Waals surface area contributed by atoms with Gasteiger partial charge >= 0.3 is 5.97 Å². The molecule has 0 bridgehead atoms. The van der Waals surface area contributed by atoms with E-state index in [1.165, 1.54) is 0 Å². The SMILES string of the molecule is O=C(O)CCc1ccc2c(c1)CC[C@H](CNCC(O)COc1ccccc1)O2. The zero-order valence-corrected chi connectivity index (χ0v) is 15.8. The van der Waals surface area contributed by atoms with Crippen LogP contribution < -0.4 is 14.8 Å². The fourth-order valence-electron chi connectivity index (χ4n) is 3.23. The Morgan fingerprint density at radius 3 is 2.86 bits per heavy atom. The number of nitrogens with one attached hydrogen (secondary N) is 1. The Balaban J connectivity index is 1.38. The van der Waals surface area contributed by atoms with E-state index in [-0.39, 0.29) is 19.1 Å². The topological polar surface area (TPSA) is 88.0 Å². The van der Waals surface area contributed by atoms with Gasteiger partial charge in [0, 0.05) is 19.5 Å². The minimum Gasteiger partial charge on any atom is -0.491 e. The molecule has 1 unspecified atom stereocenters. The molecule has 0 aromatic heterocycles. The number of hydrogen-bond acceptors (Lipinski definition) is 5. The van der Waals surface area contributed by atoms with E-state index in [0.29, 0.717) is 19.5 Å². The van der Waals surface area contributed by atoms with Crippen LogP contribution in [-0.2, 0) is 17.6 Å². The van der Waals surface area contributed by atoms with Crippen molar-refractivity contribution in [2.75, 3.05) is 19.7 Å². The summed E-state index contributed by atoms with van der Waals surface area (Å²) >= 11 is 0. The Morgan fingerprint density at radius 1 is 1.25 bits per heavy atom. The van der Waals surface area contributed by atoms with Crippen molar-refractivity contribution in [3.8, 4) is 11.5 Å². The Morgan fingerprint density at radius 2 is 2.07 bits per heavy atom. The minimum atomic E-state index is -0.781. The monoisotopic (exact) mass is 385 g/mol. The number of aliphatic hydroxyl groups is 1. The summed E-state index contributed by atoms with van der Waals surface area (Å²) in [5, 5.41) is 22.1. The Kier molecular flexibility index (Phi) is 7.28. The molecule has 1 aliphatic heterocycles. The number of fused-ring (bicyclic) bond motifs is 1. The van der Waals surface area contributed by atoms with Gasteiger partial charge < -0.3 is 25.0 Å². The summed E-state index contributed by atoms with van der Waals surface area (Å²) in [4.78, 5) is 10.7. The molecule has 2 aromatic carbocycles. The number of para-hydroxylation sites is 1. The van der Waals surface area contributed by atoms with Gasteiger partial charge in [-0.25, -0.2) is 0 Å². The lowest BCUT2D eigenvalue weighted by molar-refractivity contribution is -0.136. The average Bonchev–Trinajstić information content (AvgIpc) is 2.71. The molecular formula is C22H27NO5. The molecule has 2 atom stereocenters. The molecule has 6 nitrogen and oxygen atoms in total. The van der Waals surface area contributed by atoms with Crippen molar-refractivity contribution in [1.29, 1.82) is 0 Å². The molecule has 3 N–H and O–H groups in total. The van der Waals surface area contributed by atoms with Crippen LogP contribution in [0.25, 0.3) is 0 Å². The highest BCUT2D eigenvalue weighted by molar-refractivity contribution is 5.67. The number of aliphatic hydroxyl groups excluding tert-OH is 1. The van der Waals surface area contributed by atoms with Gasteiger partial charge in [-0.05, 0) is 48.6 Å². The Hall–Kier alpha value is -2.57. The van der Waals surface area contributed by atoms with Crippen LogP contribution in [0.5, 0.6) is 11.5 Å². The van der Waals surface area contributed by atoms with E-state index in [1.807, 2.05) is 48.5 Å². The van der Waals surface area contributed by atoms with Crippen LogP contribution in [0.4, 0.5) is 0 Å². The van der Waals surface area contributed by atoms with Crippen LogP contribution >= 0.6 is 0 Å². The number of aliphatic carboxylic acids is 1. The Bertz CT molecular complexity index is 765. The average molecular weight is 385 g/mol. The number of benzene rings is 2. The summed E-state index contributed by atoms with van der Waals surface area (Å²) < 4.78 is 11.6. The zero-order valence-electron chi connectivity index (χ0n) is 15.8. The molecule has 0 fully saturated rings. The summed E-state index contributed by atoms with van der Waals surface area (Å²) in [6.45, 7) is 1.33. The highest BCUT2D eigenvalue weighted by Gasteiger charge is 2.20. The molecule has 0 amide bonds. The van der Waals surface area contributed by atoms with Crippen LogP contribution in [0.3, 0.4) is 0 Å². The van der Waals surface area contributed by atoms with E-state index < -0.39 is 12.1 Å².